The highest BCUT2D eigenvalue weighted by molar-refractivity contribution is 7.81. The molecule has 0 aliphatic heterocycles. The van der Waals surface area contributed by atoms with Gasteiger partial charge in [0.2, 0.25) is 0 Å². The molecule has 1 atom stereocenters. The molecule has 3 heteroatoms. The Kier molecular flexibility index (Phi) is 2.06. The maximum Gasteiger partial charge on any atom is 0.131 e. The van der Waals surface area contributed by atoms with Gasteiger partial charge < -0.3 is 5.11 Å². The van der Waals surface area contributed by atoms with Crippen molar-refractivity contribution < 1.29 is 5.11 Å². The molecule has 2 rings (SSSR count). The second-order valence-electron chi connectivity index (χ2n) is 3.08. The number of aliphatic hydroxyl groups excluding tert-OH is 1. The minimum atomic E-state index is -0.494. The van der Waals surface area contributed by atoms with Crippen LogP contribution in [0.4, 0.5) is 0 Å². The summed E-state index contributed by atoms with van der Waals surface area (Å²) in [6, 6.07) is 9.55. The first-order valence-corrected chi connectivity index (χ1v) is 4.58. The first-order chi connectivity index (χ1) is 6.74. The van der Waals surface area contributed by atoms with Crippen LogP contribution in [0, 0.1) is 11.3 Å². The lowest BCUT2D eigenvalue weighted by Gasteiger charge is -2.18. The van der Waals surface area contributed by atoms with Crippen LogP contribution in [-0.2, 0) is 0 Å². The second kappa shape index (κ2) is 3.24. The number of nitriles is 1. The number of allylic oxidation sites excluding steroid dienone is 1. The molecule has 1 aliphatic rings. The minimum Gasteiger partial charge on any atom is -0.507 e. The van der Waals surface area contributed by atoms with Crippen LogP contribution < -0.4 is 0 Å². The van der Waals surface area contributed by atoms with Gasteiger partial charge in [0, 0.05) is 0 Å². The molecular formula is C11H7NOS. The monoisotopic (exact) mass is 201 g/mol. The standard InChI is InChI=1S/C11H7NOS/c12-6-9-8-4-2-1-3-7(8)5-10(13)11(9)14/h1-5,9,13H. The van der Waals surface area contributed by atoms with Crippen LogP contribution in [-0.4, -0.2) is 9.97 Å². The first-order valence-electron chi connectivity index (χ1n) is 4.17. The molecule has 0 radical (unpaired) electrons. The summed E-state index contributed by atoms with van der Waals surface area (Å²) in [7, 11) is 0. The Labute approximate surface area is 87.1 Å². The Balaban J connectivity index is 2.66. The number of nitrogens with zero attached hydrogens (tertiary/aromatic N) is 1. The molecule has 0 saturated heterocycles. The number of fused-ring (bicyclic) bond motifs is 1. The zero-order valence-electron chi connectivity index (χ0n) is 7.27. The van der Waals surface area contributed by atoms with E-state index in [2.05, 4.69) is 6.07 Å². The summed E-state index contributed by atoms with van der Waals surface area (Å²) in [6.45, 7) is 0. The van der Waals surface area contributed by atoms with E-state index in [1.165, 1.54) is 0 Å². The van der Waals surface area contributed by atoms with Gasteiger partial charge in [0.05, 0.1) is 10.9 Å². The van der Waals surface area contributed by atoms with Crippen molar-refractivity contribution in [3.63, 3.8) is 0 Å². The average Bonchev–Trinajstić information content (AvgIpc) is 2.20. The van der Waals surface area contributed by atoms with Gasteiger partial charge in [-0.1, -0.05) is 36.5 Å². The molecule has 0 bridgehead atoms. The first kappa shape index (κ1) is 8.92. The maximum atomic E-state index is 9.49. The molecule has 14 heavy (non-hydrogen) atoms. The highest BCUT2D eigenvalue weighted by Gasteiger charge is 2.25. The smallest absolute Gasteiger partial charge is 0.131 e. The molecule has 68 valence electrons. The molecule has 1 aromatic carbocycles. The highest BCUT2D eigenvalue weighted by Crippen LogP contribution is 2.30. The number of thiocarbonyl (C=S) groups is 1. The second-order valence-corrected chi connectivity index (χ2v) is 3.52. The fourth-order valence-corrected chi connectivity index (χ4v) is 1.78. The van der Waals surface area contributed by atoms with Gasteiger partial charge in [0.1, 0.15) is 11.7 Å². The van der Waals surface area contributed by atoms with E-state index >= 15 is 0 Å². The quantitative estimate of drug-likeness (QED) is 0.656. The predicted molar refractivity (Wildman–Crippen MR) is 58.0 cm³/mol. The van der Waals surface area contributed by atoms with Gasteiger partial charge in [-0.2, -0.15) is 5.26 Å². The molecule has 1 aliphatic carbocycles. The SMILES string of the molecule is N#CC1C(=S)C(O)=Cc2ccccc21. The summed E-state index contributed by atoms with van der Waals surface area (Å²) in [5.41, 5.74) is 1.74. The van der Waals surface area contributed by atoms with Gasteiger partial charge in [-0.25, -0.2) is 0 Å². The van der Waals surface area contributed by atoms with Crippen molar-refractivity contribution in [3.8, 4) is 6.07 Å². The van der Waals surface area contributed by atoms with Crippen molar-refractivity contribution in [1.82, 2.24) is 0 Å². The molecule has 0 saturated carbocycles. The van der Waals surface area contributed by atoms with Crippen molar-refractivity contribution in [3.05, 3.63) is 41.2 Å². The molecule has 0 aromatic heterocycles. The minimum absolute atomic E-state index is 0.0326. The number of hydrogen-bond donors (Lipinski definition) is 1. The Hall–Kier alpha value is -1.66. The van der Waals surface area contributed by atoms with Gasteiger partial charge >= 0.3 is 0 Å². The summed E-state index contributed by atoms with van der Waals surface area (Å²) in [4.78, 5) is 0.311. The molecular weight excluding hydrogens is 194 g/mol. The zero-order chi connectivity index (χ0) is 10.1. The van der Waals surface area contributed by atoms with Gasteiger partial charge in [0.15, 0.2) is 0 Å². The molecule has 1 unspecified atom stereocenters. The van der Waals surface area contributed by atoms with Gasteiger partial charge in [0.25, 0.3) is 0 Å². The fraction of sp³-hybridized carbons (Fsp3) is 0.0909. The highest BCUT2D eigenvalue weighted by atomic mass is 32.1. The molecule has 0 spiro atoms. The largest absolute Gasteiger partial charge is 0.507 e. The Morgan fingerprint density at radius 2 is 2.07 bits per heavy atom. The third kappa shape index (κ3) is 1.21. The lowest BCUT2D eigenvalue weighted by molar-refractivity contribution is 0.447. The van der Waals surface area contributed by atoms with Crippen LogP contribution in [0.15, 0.2) is 30.0 Å². The lowest BCUT2D eigenvalue weighted by atomic mass is 9.87. The molecule has 2 nitrogen and oxygen atoms in total. The third-order valence-corrected chi connectivity index (χ3v) is 2.69. The van der Waals surface area contributed by atoms with Crippen LogP contribution in [0.2, 0.25) is 0 Å². The Bertz CT molecular complexity index is 470. The number of aliphatic hydroxyl groups is 1. The number of benzene rings is 1. The normalized spacial score (nSPS) is 19.5. The molecule has 0 amide bonds. The van der Waals surface area contributed by atoms with E-state index in [1.807, 2.05) is 24.3 Å². The van der Waals surface area contributed by atoms with E-state index in [0.717, 1.165) is 11.1 Å². The van der Waals surface area contributed by atoms with Crippen LogP contribution >= 0.6 is 12.2 Å². The third-order valence-electron chi connectivity index (χ3n) is 2.24. The van der Waals surface area contributed by atoms with E-state index in [-0.39, 0.29) is 5.76 Å². The van der Waals surface area contributed by atoms with Crippen LogP contribution in [0.3, 0.4) is 0 Å². The lowest BCUT2D eigenvalue weighted by Crippen LogP contribution is -2.16. The maximum absolute atomic E-state index is 9.49. The predicted octanol–water partition coefficient (Wildman–Crippen LogP) is 2.58. The summed E-state index contributed by atoms with van der Waals surface area (Å²) in [5, 5.41) is 18.4. The van der Waals surface area contributed by atoms with Crippen LogP contribution in [0.25, 0.3) is 6.08 Å². The van der Waals surface area contributed by atoms with Crippen LogP contribution in [0.1, 0.15) is 17.0 Å². The van der Waals surface area contributed by atoms with Crippen molar-refractivity contribution in [1.29, 1.82) is 5.26 Å². The van der Waals surface area contributed by atoms with Crippen molar-refractivity contribution in [2.75, 3.05) is 0 Å². The van der Waals surface area contributed by atoms with E-state index in [0.29, 0.717) is 4.86 Å². The van der Waals surface area contributed by atoms with Gasteiger partial charge in [-0.05, 0) is 17.2 Å². The molecule has 0 heterocycles. The Morgan fingerprint density at radius 3 is 2.79 bits per heavy atom. The average molecular weight is 201 g/mol. The van der Waals surface area contributed by atoms with E-state index < -0.39 is 5.92 Å². The van der Waals surface area contributed by atoms with Crippen molar-refractivity contribution >= 4 is 23.2 Å². The zero-order valence-corrected chi connectivity index (χ0v) is 8.08. The molecule has 0 fully saturated rings. The van der Waals surface area contributed by atoms with E-state index in [4.69, 9.17) is 17.5 Å². The summed E-state index contributed by atoms with van der Waals surface area (Å²) in [6.07, 6.45) is 1.60. The van der Waals surface area contributed by atoms with Gasteiger partial charge in [-0.15, -0.1) is 0 Å². The topological polar surface area (TPSA) is 44.0 Å². The summed E-state index contributed by atoms with van der Waals surface area (Å²) >= 11 is 4.98. The fourth-order valence-electron chi connectivity index (χ4n) is 1.54. The van der Waals surface area contributed by atoms with Gasteiger partial charge in [-0.3, -0.25) is 0 Å². The molecule has 1 N–H and O–H groups in total. The Morgan fingerprint density at radius 1 is 1.36 bits per heavy atom. The summed E-state index contributed by atoms with van der Waals surface area (Å²) in [5.74, 6) is -0.462. The molecule has 1 aromatic rings. The van der Waals surface area contributed by atoms with Crippen molar-refractivity contribution in [2.45, 2.75) is 5.92 Å². The number of hydrogen-bond acceptors (Lipinski definition) is 3. The van der Waals surface area contributed by atoms with Crippen molar-refractivity contribution in [2.24, 2.45) is 0 Å². The number of rotatable bonds is 0. The van der Waals surface area contributed by atoms with E-state index in [1.54, 1.807) is 6.08 Å². The summed E-state index contributed by atoms with van der Waals surface area (Å²) < 4.78 is 0. The van der Waals surface area contributed by atoms with Crippen LogP contribution in [0.5, 0.6) is 0 Å². The van der Waals surface area contributed by atoms with E-state index in [9.17, 15) is 5.11 Å².